The zero-order valence-electron chi connectivity index (χ0n) is 18.7. The maximum Gasteiger partial charge on any atom is 0.287 e. The first-order chi connectivity index (χ1) is 13.6. The molecular weight excluding hydrogens is 368 g/mol. The van der Waals surface area contributed by atoms with Crippen LogP contribution in [0.5, 0.6) is 0 Å². The minimum absolute atomic E-state index is 0.735. The smallest absolute Gasteiger partial charge is 0.282 e. The molecule has 28 heavy (non-hydrogen) atoms. The van der Waals surface area contributed by atoms with Crippen molar-refractivity contribution in [3.05, 3.63) is 11.5 Å². The summed E-state index contributed by atoms with van der Waals surface area (Å²) in [7, 11) is -3.93. The molecule has 0 heterocycles. The molecule has 0 unspecified atom stereocenters. The van der Waals surface area contributed by atoms with Crippen LogP contribution in [0.1, 0.15) is 142 Å². The van der Waals surface area contributed by atoms with Crippen LogP contribution < -0.4 is 0 Å². The fourth-order valence-corrected chi connectivity index (χ4v) is 4.09. The quantitative estimate of drug-likeness (QED) is 0.142. The van der Waals surface area contributed by atoms with Crippen LogP contribution in [0.3, 0.4) is 0 Å². The Hall–Kier alpha value is -0.350. The molecule has 3 nitrogen and oxygen atoms in total. The Labute approximate surface area is 176 Å². The number of hydrogen-bond acceptors (Lipinski definition) is 2. The van der Waals surface area contributed by atoms with E-state index in [1.165, 1.54) is 116 Å². The predicted octanol–water partition coefficient (Wildman–Crippen LogP) is 8.60. The maximum absolute atomic E-state index is 10.5. The van der Waals surface area contributed by atoms with Crippen molar-refractivity contribution in [1.82, 2.24) is 0 Å². The summed E-state index contributed by atoms with van der Waals surface area (Å²) in [6, 6.07) is 0. The van der Waals surface area contributed by atoms with Crippen LogP contribution >= 0.6 is 0 Å². The first-order valence-electron chi connectivity index (χ1n) is 12.2. The van der Waals surface area contributed by atoms with Gasteiger partial charge in [0.25, 0.3) is 10.1 Å². The van der Waals surface area contributed by atoms with E-state index in [0.717, 1.165) is 24.7 Å². The topological polar surface area (TPSA) is 54.4 Å². The van der Waals surface area contributed by atoms with Gasteiger partial charge in [-0.05, 0) is 12.8 Å². The first-order valence-corrected chi connectivity index (χ1v) is 13.7. The fourth-order valence-electron chi connectivity index (χ4n) is 3.71. The molecule has 0 aromatic carbocycles. The molecule has 0 rings (SSSR count). The summed E-state index contributed by atoms with van der Waals surface area (Å²) in [5.41, 5.74) is 0. The summed E-state index contributed by atoms with van der Waals surface area (Å²) >= 11 is 0. The van der Waals surface area contributed by atoms with Crippen molar-refractivity contribution >= 4 is 10.1 Å². The van der Waals surface area contributed by atoms with E-state index in [1.807, 2.05) is 0 Å². The lowest BCUT2D eigenvalue weighted by Crippen LogP contribution is -1.89. The molecule has 0 aromatic rings. The summed E-state index contributed by atoms with van der Waals surface area (Å²) < 4.78 is 29.6. The van der Waals surface area contributed by atoms with Crippen molar-refractivity contribution in [3.63, 3.8) is 0 Å². The van der Waals surface area contributed by atoms with Gasteiger partial charge in [-0.25, -0.2) is 0 Å². The Morgan fingerprint density at radius 1 is 0.536 bits per heavy atom. The van der Waals surface area contributed by atoms with Crippen molar-refractivity contribution < 1.29 is 13.0 Å². The van der Waals surface area contributed by atoms with Crippen LogP contribution in [-0.4, -0.2) is 13.0 Å². The standard InChI is InChI=1S/C24H48O3S/c1-2-3-4-5-6-7-8-9-10-11-12-13-14-15-16-17-18-19-20-21-22-23-24-28(25,26)27/h23-24H,2-22H2,1H3,(H,25,26,27)/b24-23+. The molecule has 0 saturated heterocycles. The minimum atomic E-state index is -3.93. The number of allylic oxidation sites excluding steroid dienone is 1. The van der Waals surface area contributed by atoms with E-state index in [9.17, 15) is 8.42 Å². The highest BCUT2D eigenvalue weighted by Crippen LogP contribution is 2.15. The highest BCUT2D eigenvalue weighted by molar-refractivity contribution is 7.88. The molecule has 0 radical (unpaired) electrons. The van der Waals surface area contributed by atoms with E-state index in [-0.39, 0.29) is 0 Å². The first kappa shape index (κ1) is 27.6. The Balaban J connectivity index is 3.08. The largest absolute Gasteiger partial charge is 0.287 e. The zero-order valence-corrected chi connectivity index (χ0v) is 19.5. The lowest BCUT2D eigenvalue weighted by molar-refractivity contribution is 0.494. The number of rotatable bonds is 22. The monoisotopic (exact) mass is 416 g/mol. The Morgan fingerprint density at radius 3 is 1.11 bits per heavy atom. The van der Waals surface area contributed by atoms with Crippen molar-refractivity contribution in [2.75, 3.05) is 0 Å². The molecule has 0 saturated carbocycles. The van der Waals surface area contributed by atoms with Crippen LogP contribution in [0.15, 0.2) is 11.5 Å². The van der Waals surface area contributed by atoms with E-state index in [4.69, 9.17) is 4.55 Å². The van der Waals surface area contributed by atoms with Crippen LogP contribution in [0.2, 0.25) is 0 Å². The highest BCUT2D eigenvalue weighted by Gasteiger charge is 1.96. The molecule has 0 bridgehead atoms. The van der Waals surface area contributed by atoms with Gasteiger partial charge in [-0.1, -0.05) is 135 Å². The zero-order chi connectivity index (χ0) is 20.8. The van der Waals surface area contributed by atoms with Gasteiger partial charge >= 0.3 is 0 Å². The molecule has 0 amide bonds. The third-order valence-corrected chi connectivity index (χ3v) is 6.03. The van der Waals surface area contributed by atoms with E-state index in [1.54, 1.807) is 6.08 Å². The molecule has 0 fully saturated rings. The molecule has 4 heteroatoms. The van der Waals surface area contributed by atoms with Gasteiger partial charge < -0.3 is 0 Å². The molecule has 0 spiro atoms. The molecule has 0 aliphatic rings. The lowest BCUT2D eigenvalue weighted by atomic mass is 10.0. The highest BCUT2D eigenvalue weighted by atomic mass is 32.2. The third kappa shape index (κ3) is 25.6. The summed E-state index contributed by atoms with van der Waals surface area (Å²) in [4.78, 5) is 0. The average Bonchev–Trinajstić information content (AvgIpc) is 2.65. The molecule has 0 aliphatic heterocycles. The summed E-state index contributed by atoms with van der Waals surface area (Å²) in [6.07, 6.45) is 29.6. The maximum atomic E-state index is 10.5. The molecule has 0 aromatic heterocycles. The van der Waals surface area contributed by atoms with E-state index in [2.05, 4.69) is 6.92 Å². The molecule has 0 aliphatic carbocycles. The van der Waals surface area contributed by atoms with Gasteiger partial charge in [0.15, 0.2) is 0 Å². The van der Waals surface area contributed by atoms with E-state index < -0.39 is 10.1 Å². The minimum Gasteiger partial charge on any atom is -0.282 e. The normalized spacial score (nSPS) is 12.2. The van der Waals surface area contributed by atoms with E-state index in [0.29, 0.717) is 0 Å². The van der Waals surface area contributed by atoms with Gasteiger partial charge in [0, 0.05) is 0 Å². The Kier molecular flexibility index (Phi) is 21.1. The third-order valence-electron chi connectivity index (χ3n) is 5.49. The SMILES string of the molecule is CCCCCCCCCCCCCCCCCCCCCC/C=C/S(=O)(=O)O. The Bertz CT molecular complexity index is 429. The Morgan fingerprint density at radius 2 is 0.821 bits per heavy atom. The van der Waals surface area contributed by atoms with Crippen LogP contribution in [0, 0.1) is 0 Å². The second-order valence-corrected chi connectivity index (χ2v) is 9.70. The predicted molar refractivity (Wildman–Crippen MR) is 123 cm³/mol. The van der Waals surface area contributed by atoms with Crippen LogP contribution in [0.25, 0.3) is 0 Å². The summed E-state index contributed by atoms with van der Waals surface area (Å²) in [5.74, 6) is 0. The number of hydrogen-bond donors (Lipinski definition) is 1. The second kappa shape index (κ2) is 21.4. The van der Waals surface area contributed by atoms with Gasteiger partial charge in [-0.15, -0.1) is 0 Å². The molecular formula is C24H48O3S. The van der Waals surface area contributed by atoms with Gasteiger partial charge in [-0.2, -0.15) is 8.42 Å². The number of unbranched alkanes of at least 4 members (excludes halogenated alkanes) is 20. The fraction of sp³-hybridized carbons (Fsp3) is 0.917. The van der Waals surface area contributed by atoms with Crippen molar-refractivity contribution in [2.24, 2.45) is 0 Å². The molecule has 1 N–H and O–H groups in total. The average molecular weight is 417 g/mol. The van der Waals surface area contributed by atoms with Gasteiger partial charge in [0.2, 0.25) is 0 Å². The lowest BCUT2D eigenvalue weighted by Gasteiger charge is -2.04. The summed E-state index contributed by atoms with van der Waals surface area (Å²) in [6.45, 7) is 2.28. The van der Waals surface area contributed by atoms with Crippen LogP contribution in [0.4, 0.5) is 0 Å². The van der Waals surface area contributed by atoms with Gasteiger partial charge in [0.1, 0.15) is 0 Å². The van der Waals surface area contributed by atoms with Gasteiger partial charge in [-0.3, -0.25) is 4.55 Å². The van der Waals surface area contributed by atoms with Crippen molar-refractivity contribution in [1.29, 1.82) is 0 Å². The van der Waals surface area contributed by atoms with Crippen LogP contribution in [-0.2, 0) is 10.1 Å². The molecule has 0 atom stereocenters. The second-order valence-electron chi connectivity index (χ2n) is 8.39. The molecule has 168 valence electrons. The summed E-state index contributed by atoms with van der Waals surface area (Å²) in [5, 5.41) is 0.891. The van der Waals surface area contributed by atoms with Crippen molar-refractivity contribution in [3.8, 4) is 0 Å². The van der Waals surface area contributed by atoms with Crippen molar-refractivity contribution in [2.45, 2.75) is 142 Å². The van der Waals surface area contributed by atoms with E-state index >= 15 is 0 Å². The van der Waals surface area contributed by atoms with Gasteiger partial charge in [0.05, 0.1) is 5.41 Å².